The van der Waals surface area contributed by atoms with Gasteiger partial charge in [-0.3, -0.25) is 9.59 Å². The highest BCUT2D eigenvalue weighted by atomic mass is 16.5. The first-order valence-electron chi connectivity index (χ1n) is 12.1. The molecule has 9 nitrogen and oxygen atoms in total. The lowest BCUT2D eigenvalue weighted by Gasteiger charge is -2.33. The second kappa shape index (κ2) is 11.9. The van der Waals surface area contributed by atoms with Crippen molar-refractivity contribution in [2.24, 2.45) is 0 Å². The molecule has 35 heavy (non-hydrogen) atoms. The zero-order chi connectivity index (χ0) is 24.6. The molecular weight excluding hydrogens is 448 g/mol. The number of rotatable bonds is 8. The minimum absolute atomic E-state index is 0.0589. The van der Waals surface area contributed by atoms with E-state index in [1.165, 1.54) is 0 Å². The summed E-state index contributed by atoms with van der Waals surface area (Å²) in [5, 5.41) is 5.67. The van der Waals surface area contributed by atoms with Crippen LogP contribution in [0.2, 0.25) is 0 Å². The van der Waals surface area contributed by atoms with E-state index in [1.54, 1.807) is 24.3 Å². The highest BCUT2D eigenvalue weighted by molar-refractivity contribution is 6.00. The molecule has 0 aliphatic carbocycles. The van der Waals surface area contributed by atoms with Gasteiger partial charge in [0.05, 0.1) is 50.5 Å². The molecule has 2 aromatic carbocycles. The third-order valence-corrected chi connectivity index (χ3v) is 5.88. The van der Waals surface area contributed by atoms with Crippen LogP contribution in [0, 0.1) is 0 Å². The molecule has 2 aromatic rings. The number of hydrogen-bond donors (Lipinski definition) is 2. The number of benzene rings is 2. The number of amides is 2. The van der Waals surface area contributed by atoms with Crippen molar-refractivity contribution >= 4 is 28.9 Å². The van der Waals surface area contributed by atoms with Gasteiger partial charge in [0.25, 0.3) is 5.91 Å². The number of carbonyl (C=O) groups is 2. The van der Waals surface area contributed by atoms with Crippen LogP contribution >= 0.6 is 0 Å². The normalized spacial score (nSPS) is 16.2. The monoisotopic (exact) mass is 482 g/mol. The van der Waals surface area contributed by atoms with E-state index < -0.39 is 0 Å². The number of morpholine rings is 2. The van der Waals surface area contributed by atoms with Gasteiger partial charge < -0.3 is 34.6 Å². The summed E-state index contributed by atoms with van der Waals surface area (Å²) in [5.74, 6) is 0.101. The molecule has 2 saturated heterocycles. The molecule has 2 fully saturated rings. The largest absolute Gasteiger partial charge is 0.491 e. The van der Waals surface area contributed by atoms with Crippen molar-refractivity contribution < 1.29 is 23.8 Å². The van der Waals surface area contributed by atoms with Gasteiger partial charge in [0.2, 0.25) is 5.91 Å². The van der Waals surface area contributed by atoms with Crippen LogP contribution in [-0.4, -0.2) is 77.1 Å². The molecular formula is C26H34N4O5. The summed E-state index contributed by atoms with van der Waals surface area (Å²) in [6.45, 7) is 9.65. The van der Waals surface area contributed by atoms with Gasteiger partial charge in [0.15, 0.2) is 0 Å². The van der Waals surface area contributed by atoms with E-state index in [0.717, 1.165) is 43.2 Å². The fourth-order valence-corrected chi connectivity index (χ4v) is 4.12. The highest BCUT2D eigenvalue weighted by Gasteiger charge is 2.20. The third kappa shape index (κ3) is 6.86. The first kappa shape index (κ1) is 24.8. The van der Waals surface area contributed by atoms with E-state index in [9.17, 15) is 9.59 Å². The summed E-state index contributed by atoms with van der Waals surface area (Å²) in [4.78, 5) is 29.7. The summed E-state index contributed by atoms with van der Waals surface area (Å²) in [6.07, 6.45) is 0.0589. The Labute approximate surface area is 206 Å². The zero-order valence-corrected chi connectivity index (χ0v) is 20.4. The molecule has 0 atom stereocenters. The second-order valence-electron chi connectivity index (χ2n) is 8.82. The molecule has 2 aliphatic heterocycles. The average molecular weight is 483 g/mol. The predicted molar refractivity (Wildman–Crippen MR) is 136 cm³/mol. The minimum Gasteiger partial charge on any atom is -0.491 e. The lowest BCUT2D eigenvalue weighted by molar-refractivity contribution is -0.115. The van der Waals surface area contributed by atoms with Crippen LogP contribution in [0.15, 0.2) is 42.5 Å². The van der Waals surface area contributed by atoms with Crippen molar-refractivity contribution in [2.45, 2.75) is 20.0 Å². The Morgan fingerprint density at radius 2 is 1.54 bits per heavy atom. The van der Waals surface area contributed by atoms with Gasteiger partial charge in [-0.25, -0.2) is 0 Å². The molecule has 0 spiro atoms. The molecule has 0 radical (unpaired) electrons. The molecule has 2 aliphatic rings. The van der Waals surface area contributed by atoms with E-state index in [1.807, 2.05) is 26.0 Å². The summed E-state index contributed by atoms with van der Waals surface area (Å²) in [6, 6.07) is 12.9. The number of hydrogen-bond acceptors (Lipinski definition) is 7. The van der Waals surface area contributed by atoms with E-state index in [2.05, 4.69) is 26.5 Å². The Morgan fingerprint density at radius 1 is 0.914 bits per heavy atom. The van der Waals surface area contributed by atoms with Crippen molar-refractivity contribution in [3.05, 3.63) is 48.0 Å². The molecule has 2 heterocycles. The van der Waals surface area contributed by atoms with Gasteiger partial charge in [0, 0.05) is 37.4 Å². The lowest BCUT2D eigenvalue weighted by atomic mass is 10.1. The van der Waals surface area contributed by atoms with Crippen molar-refractivity contribution in [1.29, 1.82) is 0 Å². The topological polar surface area (TPSA) is 92.4 Å². The van der Waals surface area contributed by atoms with Crippen LogP contribution in [0.3, 0.4) is 0 Å². The fourth-order valence-electron chi connectivity index (χ4n) is 4.12. The van der Waals surface area contributed by atoms with Gasteiger partial charge in [-0.05, 0) is 56.3 Å². The van der Waals surface area contributed by atoms with E-state index in [-0.39, 0.29) is 24.5 Å². The predicted octanol–water partition coefficient (Wildman–Crippen LogP) is 2.52. The number of anilines is 3. The molecule has 2 amide bonds. The van der Waals surface area contributed by atoms with Gasteiger partial charge in [-0.15, -0.1) is 0 Å². The first-order valence-corrected chi connectivity index (χ1v) is 12.1. The smallest absolute Gasteiger partial charge is 0.251 e. The van der Waals surface area contributed by atoms with Crippen molar-refractivity contribution in [1.82, 2.24) is 5.32 Å². The molecule has 0 saturated carbocycles. The number of ether oxygens (including phenoxy) is 3. The summed E-state index contributed by atoms with van der Waals surface area (Å²) in [5.41, 5.74) is 3.25. The van der Waals surface area contributed by atoms with E-state index in [0.29, 0.717) is 37.7 Å². The SMILES string of the molecule is CC(C)Oc1ccc(C(=O)NCC(=O)Nc2ccc(N3CCOCC3)cc2N2CCOCC2)cc1. The van der Waals surface area contributed by atoms with Gasteiger partial charge >= 0.3 is 0 Å². The lowest BCUT2D eigenvalue weighted by Crippen LogP contribution is -2.38. The molecule has 188 valence electrons. The standard InChI is InChI=1S/C26H34N4O5/c1-19(2)35-22-6-3-20(4-7-22)26(32)27-18-25(31)28-23-8-5-21(29-9-13-33-14-10-29)17-24(23)30-11-15-34-16-12-30/h3-8,17,19H,9-16,18H2,1-2H3,(H,27,32)(H,28,31). The maximum absolute atomic E-state index is 12.7. The highest BCUT2D eigenvalue weighted by Crippen LogP contribution is 2.32. The third-order valence-electron chi connectivity index (χ3n) is 5.88. The van der Waals surface area contributed by atoms with E-state index >= 15 is 0 Å². The summed E-state index contributed by atoms with van der Waals surface area (Å²) < 4.78 is 16.6. The zero-order valence-electron chi connectivity index (χ0n) is 20.4. The number of nitrogens with one attached hydrogen (secondary N) is 2. The van der Waals surface area contributed by atoms with Crippen LogP contribution in [0.25, 0.3) is 0 Å². The molecule has 9 heteroatoms. The van der Waals surface area contributed by atoms with Crippen LogP contribution in [0.5, 0.6) is 5.75 Å². The van der Waals surface area contributed by atoms with E-state index in [4.69, 9.17) is 14.2 Å². The number of carbonyl (C=O) groups excluding carboxylic acids is 2. The molecule has 4 rings (SSSR count). The summed E-state index contributed by atoms with van der Waals surface area (Å²) >= 11 is 0. The molecule has 0 aromatic heterocycles. The van der Waals surface area contributed by atoms with Crippen LogP contribution < -0.4 is 25.2 Å². The molecule has 2 N–H and O–H groups in total. The Hall–Kier alpha value is -3.30. The Morgan fingerprint density at radius 3 is 2.17 bits per heavy atom. The second-order valence-corrected chi connectivity index (χ2v) is 8.82. The first-order chi connectivity index (χ1) is 17.0. The Kier molecular flexibility index (Phi) is 8.44. The average Bonchev–Trinajstić information content (AvgIpc) is 2.88. The maximum atomic E-state index is 12.7. The van der Waals surface area contributed by atoms with Crippen LogP contribution in [-0.2, 0) is 14.3 Å². The molecule has 0 bridgehead atoms. The Bertz CT molecular complexity index is 999. The van der Waals surface area contributed by atoms with Crippen molar-refractivity contribution in [3.8, 4) is 5.75 Å². The van der Waals surface area contributed by atoms with Crippen molar-refractivity contribution in [2.75, 3.05) is 74.3 Å². The van der Waals surface area contributed by atoms with Gasteiger partial charge in [-0.1, -0.05) is 0 Å². The number of nitrogens with zero attached hydrogens (tertiary/aromatic N) is 2. The summed E-state index contributed by atoms with van der Waals surface area (Å²) in [7, 11) is 0. The minimum atomic E-state index is -0.313. The Balaban J connectivity index is 1.39. The van der Waals surface area contributed by atoms with Crippen LogP contribution in [0.4, 0.5) is 17.1 Å². The van der Waals surface area contributed by atoms with Crippen LogP contribution in [0.1, 0.15) is 24.2 Å². The quantitative estimate of drug-likeness (QED) is 0.597. The molecule has 0 unspecified atom stereocenters. The fraction of sp³-hybridized carbons (Fsp3) is 0.462. The maximum Gasteiger partial charge on any atom is 0.251 e. The van der Waals surface area contributed by atoms with Gasteiger partial charge in [0.1, 0.15) is 5.75 Å². The van der Waals surface area contributed by atoms with Crippen molar-refractivity contribution in [3.63, 3.8) is 0 Å². The van der Waals surface area contributed by atoms with Gasteiger partial charge in [-0.2, -0.15) is 0 Å².